The number of benzene rings is 12. The molecule has 12 aromatic carbocycles. The second-order valence-electron chi connectivity index (χ2n) is 30.4. The zero-order valence-electron chi connectivity index (χ0n) is 69.0. The molecule has 2 aliphatic heterocycles. The monoisotopic (exact) mass is 1660 g/mol. The lowest BCUT2D eigenvalue weighted by Gasteiger charge is -2.31. The molecule has 19 nitrogen and oxygen atoms in total. The molecule has 2 aliphatic rings. The number of aldehydes is 2. The van der Waals surface area contributed by atoms with Crippen molar-refractivity contribution in [2.24, 2.45) is 17.2 Å². The third-order valence-electron chi connectivity index (χ3n) is 21.7. The maximum Gasteiger partial charge on any atom is 0.323 e. The lowest BCUT2D eigenvalue weighted by molar-refractivity contribution is -0.142. The molecule has 6 aromatic heterocycles. The summed E-state index contributed by atoms with van der Waals surface area (Å²) in [5, 5.41) is 26.4. The van der Waals surface area contributed by atoms with Crippen LogP contribution in [0.4, 0.5) is 0 Å². The van der Waals surface area contributed by atoms with Crippen LogP contribution in [-0.4, -0.2) is 84.1 Å². The largest absolute Gasteiger partial charge is 0.489 e. The number of H-pyrrole nitrogens is 4. The number of rotatable bonds is 19. The fraction of sp³-hybridized carbons (Fsp3) is 0.151. The minimum atomic E-state index is -1.23. The minimum absolute atomic E-state index is 0. The van der Waals surface area contributed by atoms with Gasteiger partial charge in [-0.25, -0.2) is 0 Å². The van der Waals surface area contributed by atoms with Crippen LogP contribution in [0.1, 0.15) is 114 Å². The second-order valence-corrected chi connectivity index (χ2v) is 30.4. The summed E-state index contributed by atoms with van der Waals surface area (Å²) >= 11 is 0. The van der Waals surface area contributed by atoms with Crippen molar-refractivity contribution in [2.75, 3.05) is 13.1 Å². The summed E-state index contributed by atoms with van der Waals surface area (Å²) in [5.41, 5.74) is 37.0. The number of carbonyl (C=O) groups is 4. The predicted octanol–water partition coefficient (Wildman–Crippen LogP) is 19.7. The number of pyridine rings is 2. The Morgan fingerprint density at radius 1 is 0.504 bits per heavy atom. The molecule has 14 N–H and O–H groups in total. The number of fused-ring (bicyclic) bond motifs is 10. The number of amides is 1. The number of nitrogens with zero attached hydrogens (tertiary/aromatic N) is 2. The Kier molecular flexibility index (Phi) is 30.8. The quantitative estimate of drug-likeness (QED) is 0.0336. The Morgan fingerprint density at radius 2 is 0.992 bits per heavy atom. The normalized spacial score (nSPS) is 13.9. The van der Waals surface area contributed by atoms with Gasteiger partial charge in [0.1, 0.15) is 36.5 Å². The van der Waals surface area contributed by atoms with Crippen molar-refractivity contribution in [3.63, 3.8) is 0 Å². The van der Waals surface area contributed by atoms with E-state index in [1.54, 1.807) is 24.4 Å². The molecule has 0 saturated carbocycles. The van der Waals surface area contributed by atoms with E-state index in [-0.39, 0.29) is 31.5 Å². The number of nitrogens with one attached hydrogen (secondary N) is 7. The number of ether oxygens (including phenoxy) is 2. The summed E-state index contributed by atoms with van der Waals surface area (Å²) in [6.07, 6.45) is 12.0. The molecule has 19 heteroatoms. The van der Waals surface area contributed by atoms with Crippen molar-refractivity contribution in [1.29, 1.82) is 0 Å². The third kappa shape index (κ3) is 22.9. The molecular formula is C106H104N12O7. The highest BCUT2D eigenvalue weighted by atomic mass is 16.5. The van der Waals surface area contributed by atoms with Crippen LogP contribution in [0, 0.1) is 0 Å². The summed E-state index contributed by atoms with van der Waals surface area (Å²) in [5.74, 6) is 0.531. The van der Waals surface area contributed by atoms with Gasteiger partial charge in [-0.05, 0) is 150 Å². The molecule has 8 heterocycles. The van der Waals surface area contributed by atoms with E-state index in [2.05, 4.69) is 155 Å². The van der Waals surface area contributed by atoms with Crippen LogP contribution < -0.4 is 42.6 Å². The van der Waals surface area contributed by atoms with Gasteiger partial charge in [0, 0.05) is 133 Å². The Morgan fingerprint density at radius 3 is 1.57 bits per heavy atom. The number of hydrogen-bond acceptors (Lipinski definition) is 13. The van der Waals surface area contributed by atoms with Crippen molar-refractivity contribution in [2.45, 2.75) is 90.0 Å². The molecular weight excluding hydrogens is 1550 g/mol. The number of aliphatic carboxylic acids is 1. The first-order chi connectivity index (χ1) is 60.8. The number of aromatic amines is 4. The van der Waals surface area contributed by atoms with E-state index in [9.17, 15) is 19.2 Å². The maximum atomic E-state index is 13.3. The van der Waals surface area contributed by atoms with Crippen molar-refractivity contribution in [1.82, 2.24) is 45.9 Å². The maximum absolute atomic E-state index is 13.3. The fourth-order valence-corrected chi connectivity index (χ4v) is 15.4. The first-order valence-electron chi connectivity index (χ1n) is 41.5. The SMILES string of the molecule is C.C[C@](N)(Cc1c[nH]c2ccccc12)C(=O)O.NCCc1c[nH]c2ccccc12.NCc1ccccc1.O=C(NCc1ccccc1)C1Cc2c([nH]c3ccccc23)C(c2cccc(OCc3ccccc3)c2)N1.O=Cc1cccc(OCc2ccccc2)c1.O=Cc1cccc2cccnc12.c1cnc2c(C3NCCc4c3[nH]c3ccccc43)cccc2c1. The molecule has 20 rings (SSSR count). The average molecular weight is 1660 g/mol. The van der Waals surface area contributed by atoms with Crippen LogP contribution in [0.25, 0.3) is 65.4 Å². The Labute approximate surface area is 727 Å². The highest BCUT2D eigenvalue weighted by Gasteiger charge is 2.35. The lowest BCUT2D eigenvalue weighted by atomic mass is 9.90. The molecule has 0 aliphatic carbocycles. The molecule has 0 spiro atoms. The Balaban J connectivity index is 0.000000132. The molecule has 0 radical (unpaired) electrons. The van der Waals surface area contributed by atoms with Crippen LogP contribution in [0.3, 0.4) is 0 Å². The van der Waals surface area contributed by atoms with E-state index in [0.29, 0.717) is 62.6 Å². The van der Waals surface area contributed by atoms with E-state index >= 15 is 0 Å². The average Bonchev–Trinajstić information content (AvgIpc) is 1.62. The number of carbonyl (C=O) groups excluding carboxylic acids is 3. The van der Waals surface area contributed by atoms with Gasteiger partial charge in [-0.15, -0.1) is 0 Å². The summed E-state index contributed by atoms with van der Waals surface area (Å²) in [6.45, 7) is 5.39. The number of carboxylic acid groups (broad SMARTS) is 1. The van der Waals surface area contributed by atoms with Crippen LogP contribution in [0.5, 0.6) is 11.5 Å². The summed E-state index contributed by atoms with van der Waals surface area (Å²) < 4.78 is 11.7. The van der Waals surface area contributed by atoms with Crippen molar-refractivity contribution >= 4 is 89.9 Å². The smallest absolute Gasteiger partial charge is 0.323 e. The Bertz CT molecular complexity index is 6520. The molecule has 18 aromatic rings. The first-order valence-corrected chi connectivity index (χ1v) is 41.5. The van der Waals surface area contributed by atoms with Gasteiger partial charge in [-0.1, -0.05) is 268 Å². The molecule has 1 amide bonds. The fourth-order valence-electron chi connectivity index (χ4n) is 15.4. The minimum Gasteiger partial charge on any atom is -0.489 e. The first kappa shape index (κ1) is 88.1. The predicted molar refractivity (Wildman–Crippen MR) is 504 cm³/mol. The molecule has 0 fully saturated rings. The topological polar surface area (TPSA) is 310 Å². The van der Waals surface area contributed by atoms with Crippen LogP contribution in [-0.2, 0) is 61.6 Å². The molecule has 4 atom stereocenters. The lowest BCUT2D eigenvalue weighted by Crippen LogP contribution is -2.49. The number of para-hydroxylation sites is 6. The zero-order valence-corrected chi connectivity index (χ0v) is 69.0. The summed E-state index contributed by atoms with van der Waals surface area (Å²) in [6, 6.07) is 108. The Hall–Kier alpha value is -14.7. The van der Waals surface area contributed by atoms with Crippen LogP contribution >= 0.6 is 0 Å². The number of nitrogens with two attached hydrogens (primary N) is 3. The van der Waals surface area contributed by atoms with Gasteiger partial charge in [0.2, 0.25) is 5.91 Å². The van der Waals surface area contributed by atoms with Crippen molar-refractivity contribution < 1.29 is 33.8 Å². The van der Waals surface area contributed by atoms with Gasteiger partial charge in [0.25, 0.3) is 0 Å². The second kappa shape index (κ2) is 43.7. The van der Waals surface area contributed by atoms with E-state index < -0.39 is 11.5 Å². The van der Waals surface area contributed by atoms with Crippen molar-refractivity contribution in [3.8, 4) is 11.5 Å². The molecule has 3 unspecified atom stereocenters. The number of hydrogen-bond donors (Lipinski definition) is 11. The van der Waals surface area contributed by atoms with Gasteiger partial charge in [-0.3, -0.25) is 34.5 Å². The van der Waals surface area contributed by atoms with E-state index in [1.807, 2.05) is 219 Å². The van der Waals surface area contributed by atoms with Crippen molar-refractivity contribution in [3.05, 3.63) is 431 Å². The number of aromatic nitrogens is 6. The molecule has 125 heavy (non-hydrogen) atoms. The van der Waals surface area contributed by atoms with E-state index in [0.717, 1.165) is 104 Å². The van der Waals surface area contributed by atoms with Crippen LogP contribution in [0.2, 0.25) is 0 Å². The van der Waals surface area contributed by atoms with E-state index in [4.69, 9.17) is 31.8 Å². The summed E-state index contributed by atoms with van der Waals surface area (Å²) in [4.78, 5) is 67.8. The van der Waals surface area contributed by atoms with Crippen LogP contribution in [0.15, 0.2) is 352 Å². The van der Waals surface area contributed by atoms with Gasteiger partial charge < -0.3 is 62.4 Å². The van der Waals surface area contributed by atoms with E-state index in [1.165, 1.54) is 73.0 Å². The third-order valence-corrected chi connectivity index (χ3v) is 21.7. The molecule has 630 valence electrons. The molecule has 0 bridgehead atoms. The van der Waals surface area contributed by atoms with Gasteiger partial charge in [-0.2, -0.15) is 0 Å². The zero-order chi connectivity index (χ0) is 85.8. The van der Waals surface area contributed by atoms with Gasteiger partial charge in [0.05, 0.1) is 29.2 Å². The van der Waals surface area contributed by atoms with Gasteiger partial charge >= 0.3 is 5.97 Å². The highest BCUT2D eigenvalue weighted by Crippen LogP contribution is 2.38. The van der Waals surface area contributed by atoms with Gasteiger partial charge in [0.15, 0.2) is 6.29 Å². The number of carboxylic acids is 1. The molecule has 0 saturated heterocycles. The summed E-state index contributed by atoms with van der Waals surface area (Å²) in [7, 11) is 0. The highest BCUT2D eigenvalue weighted by molar-refractivity contribution is 5.96. The standard InChI is InChI=1S/C32H29N3O2.C20H17N3.C14H12O2.C12H14N2O2.C10H12N2.C10H7NO.C7H9N.CH4/c36-32(33-20-22-10-3-1-4-11-22)29-19-27-26-16-7-8-17-28(26)34-31(27)30(35-29)24-14-9-15-25(18-24)37-21-23-12-5-2-6-13-23;1-2-9-17-14(7-1)15-10-12-22-19(20(15)23-17)16-8-3-5-13-6-4-11-21-18(13)16;15-10-13-7-4-8-14(9-13)16-11-12-5-2-1-3-6-12;1-12(13,11(15)16)6-8-7-14-10-5-3-2-4-9(8)10;11-6-5-8-7-12-10-4-2-1-3-9(8)10;12-7-9-4-1-3-8-5-2-6-11-10(8)9;8-6-7-4-2-1-3-5-7;/h1-18,29-30,34-35H,19-21H2,(H,33,36);1-9,11,19,22-23H,10,12H2;1-10H,11H2;2-5,7,14H,6,13H2,1H3,(H,15,16);1-4,7,12H,5-6,11H2;1-7H;1-5H,6,8H2;1H4/t;;;12-;;;;/m...0..../s1.